The molecule has 2 amide bonds. The van der Waals surface area contributed by atoms with Gasteiger partial charge in [0.05, 0.1) is 6.54 Å². The molecule has 2 fully saturated rings. The first kappa shape index (κ1) is 18.7. The molecular weight excluding hydrogens is 350 g/mol. The van der Waals surface area contributed by atoms with Crippen LogP contribution in [0.25, 0.3) is 0 Å². The number of rotatable bonds is 4. The van der Waals surface area contributed by atoms with Crippen molar-refractivity contribution >= 4 is 11.8 Å². The summed E-state index contributed by atoms with van der Waals surface area (Å²) < 4.78 is 0. The lowest BCUT2D eigenvalue weighted by molar-refractivity contribution is -0.126. The van der Waals surface area contributed by atoms with Crippen LogP contribution < -0.4 is 5.32 Å². The second-order valence-corrected chi connectivity index (χ2v) is 7.77. The van der Waals surface area contributed by atoms with Crippen molar-refractivity contribution in [2.24, 2.45) is 0 Å². The summed E-state index contributed by atoms with van der Waals surface area (Å²) in [7, 11) is 0. The van der Waals surface area contributed by atoms with E-state index < -0.39 is 0 Å². The quantitative estimate of drug-likeness (QED) is 0.890. The lowest BCUT2D eigenvalue weighted by Gasteiger charge is -2.42. The summed E-state index contributed by atoms with van der Waals surface area (Å²) in [6.45, 7) is 2.83. The highest BCUT2D eigenvalue weighted by molar-refractivity contribution is 5.94. The van der Waals surface area contributed by atoms with E-state index in [0.29, 0.717) is 12.6 Å². The number of carbonyl (C=O) groups excluding carboxylic acids is 2. The Kier molecular flexibility index (Phi) is 5.72. The molecule has 2 aromatic rings. The second kappa shape index (κ2) is 8.57. The van der Waals surface area contributed by atoms with E-state index in [-0.39, 0.29) is 17.9 Å². The molecule has 2 heterocycles. The zero-order valence-corrected chi connectivity index (χ0v) is 16.1. The minimum Gasteiger partial charge on any atom is -0.351 e. The number of benzene rings is 2. The van der Waals surface area contributed by atoms with Gasteiger partial charge < -0.3 is 10.2 Å². The van der Waals surface area contributed by atoms with Gasteiger partial charge >= 0.3 is 0 Å². The summed E-state index contributed by atoms with van der Waals surface area (Å²) >= 11 is 0. The molecule has 0 unspecified atom stereocenters. The van der Waals surface area contributed by atoms with Gasteiger partial charge in [0.1, 0.15) is 0 Å². The number of amides is 2. The van der Waals surface area contributed by atoms with Crippen LogP contribution in [-0.4, -0.2) is 59.9 Å². The average molecular weight is 377 g/mol. The van der Waals surface area contributed by atoms with Crippen LogP contribution in [0.4, 0.5) is 0 Å². The molecule has 0 spiro atoms. The van der Waals surface area contributed by atoms with E-state index in [4.69, 9.17) is 0 Å². The molecule has 0 aromatic heterocycles. The van der Waals surface area contributed by atoms with Crippen molar-refractivity contribution in [1.82, 2.24) is 15.1 Å². The van der Waals surface area contributed by atoms with Crippen LogP contribution in [0.3, 0.4) is 0 Å². The summed E-state index contributed by atoms with van der Waals surface area (Å²) in [5.74, 6) is 0.215. The molecule has 4 rings (SSSR count). The van der Waals surface area contributed by atoms with Gasteiger partial charge in [-0.25, -0.2) is 0 Å². The van der Waals surface area contributed by atoms with Crippen LogP contribution in [-0.2, 0) is 11.2 Å². The first-order valence-corrected chi connectivity index (χ1v) is 10.1. The van der Waals surface area contributed by atoms with Crippen molar-refractivity contribution in [1.29, 1.82) is 0 Å². The first-order valence-electron chi connectivity index (χ1n) is 10.1. The Labute approximate surface area is 166 Å². The van der Waals surface area contributed by atoms with Gasteiger partial charge in [0.2, 0.25) is 5.91 Å². The van der Waals surface area contributed by atoms with E-state index in [1.165, 1.54) is 5.56 Å². The fourth-order valence-electron chi connectivity index (χ4n) is 4.34. The smallest absolute Gasteiger partial charge is 0.253 e. The van der Waals surface area contributed by atoms with E-state index in [9.17, 15) is 9.59 Å². The number of nitrogens with zero attached hydrogens (tertiary/aromatic N) is 2. The molecule has 5 nitrogen and oxygen atoms in total. The maximum atomic E-state index is 12.6. The standard InChI is InChI=1S/C23H27N3O2/c27-22-17-26(16-20(24-22)15-18-7-3-1-4-8-18)21-11-13-25(14-12-21)23(28)19-9-5-2-6-10-19/h1-10,20-21H,11-17H2,(H,24,27)/t20-/m0/s1. The van der Waals surface area contributed by atoms with Crippen LogP contribution >= 0.6 is 0 Å². The van der Waals surface area contributed by atoms with Crippen LogP contribution in [0.5, 0.6) is 0 Å². The molecule has 1 atom stereocenters. The van der Waals surface area contributed by atoms with Gasteiger partial charge in [-0.05, 0) is 37.0 Å². The van der Waals surface area contributed by atoms with E-state index in [1.807, 2.05) is 53.4 Å². The fourth-order valence-corrected chi connectivity index (χ4v) is 4.34. The minimum atomic E-state index is 0.106. The Bertz CT molecular complexity index is 801. The zero-order chi connectivity index (χ0) is 19.3. The molecule has 0 bridgehead atoms. The van der Waals surface area contributed by atoms with Crippen molar-refractivity contribution < 1.29 is 9.59 Å². The number of hydrogen-bond acceptors (Lipinski definition) is 3. The number of nitrogens with one attached hydrogen (secondary N) is 1. The van der Waals surface area contributed by atoms with Gasteiger partial charge in [-0.3, -0.25) is 14.5 Å². The molecule has 146 valence electrons. The Morgan fingerprint density at radius 3 is 2.29 bits per heavy atom. The number of piperazine rings is 1. The van der Waals surface area contributed by atoms with Crippen LogP contribution in [0, 0.1) is 0 Å². The lowest BCUT2D eigenvalue weighted by Crippen LogP contribution is -2.59. The number of carbonyl (C=O) groups is 2. The molecule has 2 aliphatic rings. The number of hydrogen-bond donors (Lipinski definition) is 1. The monoisotopic (exact) mass is 377 g/mol. The van der Waals surface area contributed by atoms with Crippen LogP contribution in [0.15, 0.2) is 60.7 Å². The van der Waals surface area contributed by atoms with Crippen molar-refractivity contribution in [2.75, 3.05) is 26.2 Å². The molecule has 2 aliphatic heterocycles. The summed E-state index contributed by atoms with van der Waals surface area (Å²) in [5.41, 5.74) is 2.00. The molecule has 0 radical (unpaired) electrons. The van der Waals surface area contributed by atoms with Crippen LogP contribution in [0.1, 0.15) is 28.8 Å². The van der Waals surface area contributed by atoms with E-state index in [2.05, 4.69) is 22.3 Å². The Morgan fingerprint density at radius 1 is 0.964 bits per heavy atom. The third-order valence-corrected chi connectivity index (χ3v) is 5.78. The van der Waals surface area contributed by atoms with Crippen molar-refractivity contribution in [3.63, 3.8) is 0 Å². The van der Waals surface area contributed by atoms with E-state index in [1.54, 1.807) is 0 Å². The van der Waals surface area contributed by atoms with Crippen LogP contribution in [0.2, 0.25) is 0 Å². The predicted octanol–water partition coefficient (Wildman–Crippen LogP) is 2.33. The topological polar surface area (TPSA) is 52.7 Å². The molecule has 0 saturated carbocycles. The Morgan fingerprint density at radius 2 is 1.61 bits per heavy atom. The normalized spacial score (nSPS) is 21.4. The summed E-state index contributed by atoms with van der Waals surface area (Å²) in [6.07, 6.45) is 2.70. The van der Waals surface area contributed by atoms with Gasteiger partial charge in [-0.1, -0.05) is 48.5 Å². The van der Waals surface area contributed by atoms with E-state index in [0.717, 1.165) is 44.5 Å². The molecule has 0 aliphatic carbocycles. The maximum absolute atomic E-state index is 12.6. The van der Waals surface area contributed by atoms with Crippen molar-refractivity contribution in [3.05, 3.63) is 71.8 Å². The fraction of sp³-hybridized carbons (Fsp3) is 0.391. The van der Waals surface area contributed by atoms with E-state index >= 15 is 0 Å². The molecule has 1 N–H and O–H groups in total. The third kappa shape index (κ3) is 4.42. The van der Waals surface area contributed by atoms with Gasteiger partial charge in [0.25, 0.3) is 5.91 Å². The van der Waals surface area contributed by atoms with Gasteiger partial charge in [0, 0.05) is 37.3 Å². The molecular formula is C23H27N3O2. The van der Waals surface area contributed by atoms with Gasteiger partial charge in [-0.15, -0.1) is 0 Å². The maximum Gasteiger partial charge on any atom is 0.253 e. The summed E-state index contributed by atoms with van der Waals surface area (Å²) in [4.78, 5) is 29.2. The minimum absolute atomic E-state index is 0.106. The zero-order valence-electron chi connectivity index (χ0n) is 16.1. The highest BCUT2D eigenvalue weighted by Crippen LogP contribution is 2.21. The molecule has 28 heavy (non-hydrogen) atoms. The highest BCUT2D eigenvalue weighted by atomic mass is 16.2. The summed E-state index contributed by atoms with van der Waals surface area (Å²) in [6, 6.07) is 20.3. The van der Waals surface area contributed by atoms with Crippen molar-refractivity contribution in [2.45, 2.75) is 31.3 Å². The van der Waals surface area contributed by atoms with Crippen molar-refractivity contribution in [3.8, 4) is 0 Å². The average Bonchev–Trinajstić information content (AvgIpc) is 2.74. The van der Waals surface area contributed by atoms with Gasteiger partial charge in [-0.2, -0.15) is 0 Å². The summed E-state index contributed by atoms with van der Waals surface area (Å²) in [5, 5.41) is 3.14. The SMILES string of the molecule is O=C1CN(C2CCN(C(=O)c3ccccc3)CC2)C[C@H](Cc2ccccc2)N1. The molecule has 2 aromatic carbocycles. The number of likely N-dealkylation sites (tertiary alicyclic amines) is 1. The Balaban J connectivity index is 1.33. The number of piperidine rings is 1. The highest BCUT2D eigenvalue weighted by Gasteiger charge is 2.32. The lowest BCUT2D eigenvalue weighted by atomic mass is 9.98. The predicted molar refractivity (Wildman–Crippen MR) is 109 cm³/mol. The Hall–Kier alpha value is -2.66. The second-order valence-electron chi connectivity index (χ2n) is 7.77. The third-order valence-electron chi connectivity index (χ3n) is 5.78. The molecule has 5 heteroatoms. The van der Waals surface area contributed by atoms with Gasteiger partial charge in [0.15, 0.2) is 0 Å². The largest absolute Gasteiger partial charge is 0.351 e. The molecule has 2 saturated heterocycles. The first-order chi connectivity index (χ1) is 13.7.